The van der Waals surface area contributed by atoms with Gasteiger partial charge in [0.15, 0.2) is 0 Å². The van der Waals surface area contributed by atoms with Gasteiger partial charge in [0.1, 0.15) is 18.3 Å². The lowest BCUT2D eigenvalue weighted by Gasteiger charge is -2.25. The zero-order chi connectivity index (χ0) is 14.0. The molecule has 0 radical (unpaired) electrons. The van der Waals surface area contributed by atoms with Gasteiger partial charge in [0.25, 0.3) is 0 Å². The number of hydrogen-bond donors (Lipinski definition) is 1. The van der Waals surface area contributed by atoms with Crippen LogP contribution in [0.5, 0.6) is 0 Å². The number of aryl methyl sites for hydroxylation is 1. The van der Waals surface area contributed by atoms with E-state index in [1.165, 1.54) is 0 Å². The normalized spacial score (nSPS) is 23.3. The van der Waals surface area contributed by atoms with Crippen LogP contribution >= 0.6 is 0 Å². The number of aliphatic hydroxyl groups is 1. The van der Waals surface area contributed by atoms with Gasteiger partial charge >= 0.3 is 0 Å². The average Bonchev–Trinajstić information content (AvgIpc) is 3.07. The van der Waals surface area contributed by atoms with Gasteiger partial charge in [0.2, 0.25) is 0 Å². The fourth-order valence-corrected chi connectivity index (χ4v) is 2.97. The molecular weight excluding hydrogens is 252 g/mol. The van der Waals surface area contributed by atoms with E-state index < -0.39 is 5.60 Å². The van der Waals surface area contributed by atoms with E-state index in [1.807, 2.05) is 22.9 Å². The zero-order valence-corrected chi connectivity index (χ0v) is 11.7. The molecule has 3 rings (SSSR count). The molecule has 0 unspecified atom stereocenters. The van der Waals surface area contributed by atoms with Crippen molar-refractivity contribution in [3.63, 3.8) is 0 Å². The van der Waals surface area contributed by atoms with E-state index in [1.54, 1.807) is 12.7 Å². The Morgan fingerprint density at radius 2 is 2.15 bits per heavy atom. The number of rotatable bonds is 4. The maximum absolute atomic E-state index is 10.9. The van der Waals surface area contributed by atoms with Crippen molar-refractivity contribution < 1.29 is 5.11 Å². The first-order chi connectivity index (χ1) is 9.67. The maximum atomic E-state index is 10.9. The van der Waals surface area contributed by atoms with Crippen LogP contribution in [-0.2, 0) is 12.1 Å². The van der Waals surface area contributed by atoms with Crippen molar-refractivity contribution in [3.05, 3.63) is 48.0 Å². The second-order valence-corrected chi connectivity index (χ2v) is 5.53. The molecule has 0 amide bonds. The van der Waals surface area contributed by atoms with Gasteiger partial charge in [-0.25, -0.2) is 4.98 Å². The Labute approximate surface area is 118 Å². The molecule has 20 heavy (non-hydrogen) atoms. The van der Waals surface area contributed by atoms with Gasteiger partial charge in [-0.15, -0.1) is 0 Å². The molecule has 0 spiro atoms. The van der Waals surface area contributed by atoms with Gasteiger partial charge in [-0.3, -0.25) is 9.58 Å². The third kappa shape index (κ3) is 2.59. The van der Waals surface area contributed by atoms with Crippen molar-refractivity contribution in [1.29, 1.82) is 0 Å². The smallest absolute Gasteiger partial charge is 0.137 e. The van der Waals surface area contributed by atoms with Crippen LogP contribution in [0.4, 0.5) is 0 Å². The lowest BCUT2D eigenvalue weighted by molar-refractivity contribution is 0.0451. The minimum atomic E-state index is -0.715. The van der Waals surface area contributed by atoms with Gasteiger partial charge in [-0.1, -0.05) is 24.3 Å². The van der Waals surface area contributed by atoms with E-state index >= 15 is 0 Å². The van der Waals surface area contributed by atoms with Gasteiger partial charge in [0, 0.05) is 19.6 Å². The zero-order valence-electron chi connectivity index (χ0n) is 11.7. The van der Waals surface area contributed by atoms with Gasteiger partial charge in [-0.05, 0) is 24.5 Å². The SMILES string of the molecule is Cc1ccccc1[C@]1(O)CCN(CCn2cncn2)C1. The highest BCUT2D eigenvalue weighted by molar-refractivity contribution is 5.32. The maximum Gasteiger partial charge on any atom is 0.137 e. The number of nitrogens with zero attached hydrogens (tertiary/aromatic N) is 4. The molecule has 0 bridgehead atoms. The second-order valence-electron chi connectivity index (χ2n) is 5.53. The van der Waals surface area contributed by atoms with E-state index in [0.29, 0.717) is 6.54 Å². The summed E-state index contributed by atoms with van der Waals surface area (Å²) >= 11 is 0. The van der Waals surface area contributed by atoms with Crippen molar-refractivity contribution in [2.24, 2.45) is 0 Å². The minimum Gasteiger partial charge on any atom is -0.384 e. The standard InChI is InChI=1S/C15H20N4O/c1-13-4-2-3-5-14(13)15(20)6-7-18(10-15)8-9-19-12-16-11-17-19/h2-5,11-12,20H,6-10H2,1H3/t15-/m0/s1. The summed E-state index contributed by atoms with van der Waals surface area (Å²) in [5.41, 5.74) is 1.50. The Kier molecular flexibility index (Phi) is 3.54. The third-order valence-electron chi connectivity index (χ3n) is 4.09. The predicted octanol–water partition coefficient (Wildman–Crippen LogP) is 1.18. The Bertz CT molecular complexity index is 569. The van der Waals surface area contributed by atoms with Crippen molar-refractivity contribution in [2.75, 3.05) is 19.6 Å². The first-order valence-corrected chi connectivity index (χ1v) is 7.01. The molecule has 0 saturated carbocycles. The summed E-state index contributed by atoms with van der Waals surface area (Å²) in [5, 5.41) is 15.0. The second kappa shape index (κ2) is 5.34. The van der Waals surface area contributed by atoms with Crippen LogP contribution in [0, 0.1) is 6.92 Å². The molecule has 1 aromatic heterocycles. The number of hydrogen-bond acceptors (Lipinski definition) is 4. The summed E-state index contributed by atoms with van der Waals surface area (Å²) in [6.07, 6.45) is 4.06. The highest BCUT2D eigenvalue weighted by atomic mass is 16.3. The lowest BCUT2D eigenvalue weighted by atomic mass is 9.89. The molecule has 1 fully saturated rings. The monoisotopic (exact) mass is 272 g/mol. The Morgan fingerprint density at radius 3 is 2.90 bits per heavy atom. The van der Waals surface area contributed by atoms with E-state index in [4.69, 9.17) is 0 Å². The van der Waals surface area contributed by atoms with Crippen molar-refractivity contribution in [1.82, 2.24) is 19.7 Å². The molecule has 1 saturated heterocycles. The molecule has 2 heterocycles. The molecular formula is C15H20N4O. The summed E-state index contributed by atoms with van der Waals surface area (Å²) in [4.78, 5) is 6.22. The van der Waals surface area contributed by atoms with Crippen LogP contribution in [0.25, 0.3) is 0 Å². The summed E-state index contributed by atoms with van der Waals surface area (Å²) in [6, 6.07) is 8.11. The number of aromatic nitrogens is 3. The lowest BCUT2D eigenvalue weighted by Crippen LogP contribution is -2.33. The molecule has 1 atom stereocenters. The first-order valence-electron chi connectivity index (χ1n) is 7.01. The van der Waals surface area contributed by atoms with Crippen LogP contribution in [0.3, 0.4) is 0 Å². The topological polar surface area (TPSA) is 54.2 Å². The number of benzene rings is 1. The number of β-amino-alcohol motifs (C(OH)–C–C–N with tert-alkyl or cyclic N) is 1. The molecule has 5 nitrogen and oxygen atoms in total. The highest BCUT2D eigenvalue weighted by Gasteiger charge is 2.38. The van der Waals surface area contributed by atoms with Gasteiger partial charge in [-0.2, -0.15) is 5.10 Å². The molecule has 0 aliphatic carbocycles. The molecule has 1 aromatic carbocycles. The fraction of sp³-hybridized carbons (Fsp3) is 0.467. The van der Waals surface area contributed by atoms with Gasteiger partial charge in [0.05, 0.1) is 6.54 Å². The van der Waals surface area contributed by atoms with Crippen molar-refractivity contribution in [2.45, 2.75) is 25.5 Å². The largest absolute Gasteiger partial charge is 0.384 e. The Morgan fingerprint density at radius 1 is 1.30 bits per heavy atom. The van der Waals surface area contributed by atoms with Crippen LogP contribution in [0.1, 0.15) is 17.5 Å². The Balaban J connectivity index is 1.65. The van der Waals surface area contributed by atoms with Gasteiger partial charge < -0.3 is 5.11 Å². The minimum absolute atomic E-state index is 0.687. The van der Waals surface area contributed by atoms with E-state index in [9.17, 15) is 5.11 Å². The Hall–Kier alpha value is -1.72. The van der Waals surface area contributed by atoms with E-state index in [2.05, 4.69) is 28.0 Å². The van der Waals surface area contributed by atoms with Crippen LogP contribution in [0.15, 0.2) is 36.9 Å². The number of likely N-dealkylation sites (tertiary alicyclic amines) is 1. The summed E-state index contributed by atoms with van der Waals surface area (Å²) in [5.74, 6) is 0. The van der Waals surface area contributed by atoms with Crippen molar-refractivity contribution >= 4 is 0 Å². The summed E-state index contributed by atoms with van der Waals surface area (Å²) in [7, 11) is 0. The predicted molar refractivity (Wildman–Crippen MR) is 76.2 cm³/mol. The summed E-state index contributed by atoms with van der Waals surface area (Å²) < 4.78 is 1.82. The van der Waals surface area contributed by atoms with E-state index in [-0.39, 0.29) is 0 Å². The molecule has 1 aliphatic rings. The van der Waals surface area contributed by atoms with Crippen LogP contribution < -0.4 is 0 Å². The van der Waals surface area contributed by atoms with Crippen molar-refractivity contribution in [3.8, 4) is 0 Å². The molecule has 1 N–H and O–H groups in total. The van der Waals surface area contributed by atoms with Crippen LogP contribution in [-0.4, -0.2) is 44.4 Å². The molecule has 2 aromatic rings. The summed E-state index contributed by atoms with van der Waals surface area (Å²) in [6.45, 7) is 5.36. The molecule has 5 heteroatoms. The van der Waals surface area contributed by atoms with Crippen LogP contribution in [0.2, 0.25) is 0 Å². The first kappa shape index (κ1) is 13.3. The third-order valence-corrected chi connectivity index (χ3v) is 4.09. The van der Waals surface area contributed by atoms with E-state index in [0.717, 1.165) is 37.2 Å². The highest BCUT2D eigenvalue weighted by Crippen LogP contribution is 2.33. The fourth-order valence-electron chi connectivity index (χ4n) is 2.97. The molecule has 1 aliphatic heterocycles. The molecule has 106 valence electrons. The average molecular weight is 272 g/mol. The quantitative estimate of drug-likeness (QED) is 0.908.